The van der Waals surface area contributed by atoms with E-state index in [1.54, 1.807) is 11.2 Å². The van der Waals surface area contributed by atoms with Gasteiger partial charge in [0.05, 0.1) is 12.3 Å². The van der Waals surface area contributed by atoms with E-state index < -0.39 is 0 Å². The van der Waals surface area contributed by atoms with Crippen LogP contribution in [-0.4, -0.2) is 30.9 Å². The first kappa shape index (κ1) is 21.1. The van der Waals surface area contributed by atoms with Crippen molar-refractivity contribution in [3.8, 4) is 0 Å². The molecule has 158 valence electrons. The third-order valence-corrected chi connectivity index (χ3v) is 6.93. The summed E-state index contributed by atoms with van der Waals surface area (Å²) >= 11 is 3.56. The number of halogens is 2. The molecule has 4 nitrogen and oxygen atoms in total. The van der Waals surface area contributed by atoms with Crippen molar-refractivity contribution in [3.63, 3.8) is 0 Å². The number of fused-ring (bicyclic) bond motifs is 1. The minimum atomic E-state index is -0.277. The van der Waals surface area contributed by atoms with Gasteiger partial charge in [-0.15, -0.1) is 0 Å². The van der Waals surface area contributed by atoms with Gasteiger partial charge in [0.2, 0.25) is 5.91 Å². The summed E-state index contributed by atoms with van der Waals surface area (Å²) in [5.41, 5.74) is 2.54. The van der Waals surface area contributed by atoms with Crippen LogP contribution in [0.3, 0.4) is 0 Å². The number of hydrogen-bond acceptors (Lipinski definition) is 3. The molecule has 1 saturated heterocycles. The zero-order valence-electron chi connectivity index (χ0n) is 17.3. The summed E-state index contributed by atoms with van der Waals surface area (Å²) in [7, 11) is 1.85. The zero-order valence-corrected chi connectivity index (χ0v) is 18.8. The maximum atomic E-state index is 13.5. The van der Waals surface area contributed by atoms with Gasteiger partial charge < -0.3 is 14.6 Å². The van der Waals surface area contributed by atoms with Crippen LogP contribution in [0.15, 0.2) is 57.6 Å². The van der Waals surface area contributed by atoms with Crippen molar-refractivity contribution in [2.45, 2.75) is 37.6 Å². The summed E-state index contributed by atoms with van der Waals surface area (Å²) in [5.74, 6) is -0.176. The molecule has 0 bridgehead atoms. The number of amides is 1. The van der Waals surface area contributed by atoms with Gasteiger partial charge in [0, 0.05) is 34.3 Å². The Morgan fingerprint density at radius 1 is 1.23 bits per heavy atom. The first-order chi connectivity index (χ1) is 14.4. The number of piperidine rings is 1. The van der Waals surface area contributed by atoms with Crippen LogP contribution in [0.5, 0.6) is 0 Å². The summed E-state index contributed by atoms with van der Waals surface area (Å²) in [5, 5.41) is 4.39. The van der Waals surface area contributed by atoms with Gasteiger partial charge >= 0.3 is 0 Å². The van der Waals surface area contributed by atoms with Crippen molar-refractivity contribution in [2.24, 2.45) is 0 Å². The molecule has 1 N–H and O–H groups in total. The second-order valence-corrected chi connectivity index (χ2v) is 9.14. The summed E-state index contributed by atoms with van der Waals surface area (Å²) in [4.78, 5) is 15.2. The highest BCUT2D eigenvalue weighted by molar-refractivity contribution is 9.10. The monoisotopic (exact) mass is 472 g/mol. The van der Waals surface area contributed by atoms with E-state index in [0.29, 0.717) is 6.42 Å². The number of hydrogen-bond donors (Lipinski definition) is 1. The molecular weight excluding hydrogens is 447 g/mol. The molecule has 1 aliphatic rings. The molecule has 1 aromatic heterocycles. The van der Waals surface area contributed by atoms with Crippen molar-refractivity contribution < 1.29 is 13.6 Å². The number of carbonyl (C=O) groups excluding carboxylic acids is 1. The lowest BCUT2D eigenvalue weighted by Gasteiger charge is -2.39. The Balaban J connectivity index is 1.60. The number of carbonyl (C=O) groups is 1. The largest absolute Gasteiger partial charge is 0.464 e. The number of nitrogens with zero attached hydrogens (tertiary/aromatic N) is 1. The topological polar surface area (TPSA) is 45.5 Å². The van der Waals surface area contributed by atoms with E-state index in [2.05, 4.69) is 21.2 Å². The van der Waals surface area contributed by atoms with Crippen molar-refractivity contribution in [1.29, 1.82) is 0 Å². The Morgan fingerprint density at radius 3 is 2.63 bits per heavy atom. The van der Waals surface area contributed by atoms with E-state index in [-0.39, 0.29) is 23.2 Å². The Labute approximate surface area is 184 Å². The van der Waals surface area contributed by atoms with Gasteiger partial charge in [-0.05, 0) is 68.8 Å². The quantitative estimate of drug-likeness (QED) is 0.528. The molecule has 30 heavy (non-hydrogen) atoms. The number of furan rings is 1. The second kappa shape index (κ2) is 8.52. The van der Waals surface area contributed by atoms with E-state index in [4.69, 9.17) is 4.42 Å². The highest BCUT2D eigenvalue weighted by Crippen LogP contribution is 2.39. The van der Waals surface area contributed by atoms with E-state index in [1.807, 2.05) is 44.3 Å². The van der Waals surface area contributed by atoms with Crippen LogP contribution in [0.1, 0.15) is 43.4 Å². The van der Waals surface area contributed by atoms with Crippen molar-refractivity contribution in [3.05, 3.63) is 70.1 Å². The van der Waals surface area contributed by atoms with Crippen molar-refractivity contribution >= 4 is 32.8 Å². The Hall–Kier alpha value is -2.18. The van der Waals surface area contributed by atoms with Gasteiger partial charge in [0.25, 0.3) is 0 Å². The Morgan fingerprint density at radius 2 is 1.93 bits per heavy atom. The summed E-state index contributed by atoms with van der Waals surface area (Å²) in [6.45, 7) is 3.72. The molecule has 3 aromatic rings. The fraction of sp³-hybridized carbons (Fsp3) is 0.375. The fourth-order valence-electron chi connectivity index (χ4n) is 4.50. The molecule has 1 unspecified atom stereocenters. The molecule has 4 rings (SSSR count). The van der Waals surface area contributed by atoms with Crippen LogP contribution in [0.2, 0.25) is 0 Å². The molecule has 1 atom stereocenters. The molecule has 0 saturated carbocycles. The van der Waals surface area contributed by atoms with Crippen LogP contribution in [-0.2, 0) is 10.2 Å². The first-order valence-electron chi connectivity index (χ1n) is 10.3. The number of nitrogens with one attached hydrogen (secondary N) is 1. The maximum absolute atomic E-state index is 13.5. The molecular formula is C24H26BrFN2O2. The standard InChI is InChI=1S/C24H26BrFN2O2/c1-16(21-14-19(25)13-17-7-12-30-23(17)21)28(2)22(29)15-24(8-10-27-11-9-24)18-3-5-20(26)6-4-18/h3-7,12-14,16,27H,8-11,15H2,1-2H3. The van der Waals surface area contributed by atoms with Gasteiger partial charge in [0.1, 0.15) is 11.4 Å². The summed E-state index contributed by atoms with van der Waals surface area (Å²) < 4.78 is 20.2. The predicted octanol–water partition coefficient (Wildman–Crippen LogP) is 5.57. The smallest absolute Gasteiger partial charge is 0.223 e. The molecule has 2 heterocycles. The van der Waals surface area contributed by atoms with Crippen molar-refractivity contribution in [2.75, 3.05) is 20.1 Å². The Bertz CT molecular complexity index is 1040. The molecule has 0 aliphatic carbocycles. The molecule has 6 heteroatoms. The normalized spacial score (nSPS) is 17.1. The van der Waals surface area contributed by atoms with E-state index in [0.717, 1.165) is 52.5 Å². The van der Waals surface area contributed by atoms with Crippen LogP contribution >= 0.6 is 15.9 Å². The van der Waals surface area contributed by atoms with Gasteiger partial charge in [-0.3, -0.25) is 4.79 Å². The minimum Gasteiger partial charge on any atom is -0.464 e. The third-order valence-electron chi connectivity index (χ3n) is 6.48. The SMILES string of the molecule is CC(c1cc(Br)cc2ccoc12)N(C)C(=O)CC1(c2ccc(F)cc2)CCNCC1. The summed E-state index contributed by atoms with van der Waals surface area (Å²) in [6, 6.07) is 12.5. The molecule has 2 aromatic carbocycles. The van der Waals surface area contributed by atoms with Gasteiger partial charge in [-0.25, -0.2) is 4.39 Å². The van der Waals surface area contributed by atoms with Crippen LogP contribution in [0.25, 0.3) is 11.0 Å². The number of benzene rings is 2. The lowest BCUT2D eigenvalue weighted by molar-refractivity contribution is -0.133. The van der Waals surface area contributed by atoms with Crippen LogP contribution in [0, 0.1) is 5.82 Å². The lowest BCUT2D eigenvalue weighted by Crippen LogP contribution is -2.44. The highest BCUT2D eigenvalue weighted by atomic mass is 79.9. The average molecular weight is 473 g/mol. The first-order valence-corrected chi connectivity index (χ1v) is 11.1. The molecule has 1 amide bonds. The van der Waals surface area contributed by atoms with Gasteiger partial charge in [-0.2, -0.15) is 0 Å². The van der Waals surface area contributed by atoms with Crippen LogP contribution < -0.4 is 5.32 Å². The van der Waals surface area contributed by atoms with Crippen molar-refractivity contribution in [1.82, 2.24) is 10.2 Å². The average Bonchev–Trinajstić information content (AvgIpc) is 3.21. The third kappa shape index (κ3) is 4.03. The van der Waals surface area contributed by atoms with E-state index >= 15 is 0 Å². The second-order valence-electron chi connectivity index (χ2n) is 8.23. The molecule has 1 fully saturated rings. The van der Waals surface area contributed by atoms with E-state index in [9.17, 15) is 9.18 Å². The minimum absolute atomic E-state index is 0.0772. The van der Waals surface area contributed by atoms with E-state index in [1.165, 1.54) is 12.1 Å². The van der Waals surface area contributed by atoms with Crippen LogP contribution in [0.4, 0.5) is 4.39 Å². The fourth-order valence-corrected chi connectivity index (χ4v) is 4.99. The Kier molecular flexibility index (Phi) is 5.98. The van der Waals surface area contributed by atoms with Gasteiger partial charge in [0.15, 0.2) is 0 Å². The number of rotatable bonds is 5. The summed E-state index contributed by atoms with van der Waals surface area (Å²) in [6.07, 6.45) is 3.78. The highest BCUT2D eigenvalue weighted by Gasteiger charge is 2.37. The molecule has 0 radical (unpaired) electrons. The lowest BCUT2D eigenvalue weighted by atomic mass is 9.70. The predicted molar refractivity (Wildman–Crippen MR) is 120 cm³/mol. The molecule has 0 spiro atoms. The van der Waals surface area contributed by atoms with Gasteiger partial charge in [-0.1, -0.05) is 28.1 Å². The molecule has 1 aliphatic heterocycles. The maximum Gasteiger partial charge on any atom is 0.223 e. The zero-order chi connectivity index (χ0) is 21.3.